The molecular weight excluding hydrogens is 429 g/mol. The van der Waals surface area contributed by atoms with E-state index >= 15 is 0 Å². The molecule has 1 aliphatic rings. The number of nitrogens with zero attached hydrogens (tertiary/aromatic N) is 5. The van der Waals surface area contributed by atoms with Crippen LogP contribution in [0.1, 0.15) is 37.1 Å². The topological polar surface area (TPSA) is 135 Å². The zero-order valence-electron chi connectivity index (χ0n) is 18.4. The lowest BCUT2D eigenvalue weighted by Gasteiger charge is -2.15. The predicted molar refractivity (Wildman–Crippen MR) is 120 cm³/mol. The van der Waals surface area contributed by atoms with Crippen LogP contribution in [0.2, 0.25) is 0 Å². The molecule has 3 heterocycles. The molecule has 4 rings (SSSR count). The summed E-state index contributed by atoms with van der Waals surface area (Å²) in [6, 6.07) is 3.30. The molecule has 33 heavy (non-hydrogen) atoms. The Morgan fingerprint density at radius 3 is 2.76 bits per heavy atom. The molecule has 3 aromatic heterocycles. The molecule has 0 spiro atoms. The number of aliphatic hydroxyl groups excluding tert-OH is 1. The van der Waals surface area contributed by atoms with E-state index < -0.39 is 29.8 Å². The summed E-state index contributed by atoms with van der Waals surface area (Å²) in [5, 5.41) is 15.7. The first-order valence-corrected chi connectivity index (χ1v) is 10.5. The van der Waals surface area contributed by atoms with Crippen LogP contribution in [0.15, 0.2) is 35.6 Å². The number of hydrogen-bond donors (Lipinski definition) is 3. The number of aromatic nitrogens is 5. The summed E-state index contributed by atoms with van der Waals surface area (Å²) in [5.74, 6) is -0.613. The van der Waals surface area contributed by atoms with Crippen LogP contribution in [-0.4, -0.2) is 41.7 Å². The van der Waals surface area contributed by atoms with Gasteiger partial charge in [0.25, 0.3) is 0 Å². The van der Waals surface area contributed by atoms with Crippen molar-refractivity contribution in [1.82, 2.24) is 24.5 Å². The van der Waals surface area contributed by atoms with Gasteiger partial charge in [0.05, 0.1) is 40.9 Å². The Kier molecular flexibility index (Phi) is 6.14. The second kappa shape index (κ2) is 9.02. The summed E-state index contributed by atoms with van der Waals surface area (Å²) in [7, 11) is 1.56. The number of pyridine rings is 1. The van der Waals surface area contributed by atoms with E-state index in [1.807, 2.05) is 13.8 Å². The highest BCUT2D eigenvalue weighted by molar-refractivity contribution is 5.94. The molecule has 172 valence electrons. The summed E-state index contributed by atoms with van der Waals surface area (Å²) >= 11 is 0. The van der Waals surface area contributed by atoms with E-state index in [2.05, 4.69) is 30.6 Å². The van der Waals surface area contributed by atoms with Gasteiger partial charge in [-0.2, -0.15) is 4.98 Å². The van der Waals surface area contributed by atoms with E-state index in [4.69, 9.17) is 0 Å². The molecule has 1 amide bonds. The number of halogens is 1. The van der Waals surface area contributed by atoms with Gasteiger partial charge in [0.15, 0.2) is 0 Å². The number of carbonyl (C=O) groups is 1. The average Bonchev–Trinajstić information content (AvgIpc) is 3.53. The van der Waals surface area contributed by atoms with Gasteiger partial charge in [-0.3, -0.25) is 9.78 Å². The summed E-state index contributed by atoms with van der Waals surface area (Å²) in [6.07, 6.45) is 3.39. The number of aryl methyl sites for hydroxylation is 2. The zero-order chi connectivity index (χ0) is 23.7. The van der Waals surface area contributed by atoms with Crippen molar-refractivity contribution in [3.05, 3.63) is 52.6 Å². The van der Waals surface area contributed by atoms with Gasteiger partial charge in [-0.05, 0) is 31.4 Å². The first kappa shape index (κ1) is 22.5. The second-order valence-electron chi connectivity index (χ2n) is 8.01. The first-order valence-electron chi connectivity index (χ1n) is 10.5. The van der Waals surface area contributed by atoms with E-state index in [9.17, 15) is 19.1 Å². The molecule has 1 saturated carbocycles. The maximum atomic E-state index is 13.2. The van der Waals surface area contributed by atoms with Crippen molar-refractivity contribution >= 4 is 23.2 Å². The summed E-state index contributed by atoms with van der Waals surface area (Å²) in [4.78, 5) is 41.0. The fourth-order valence-electron chi connectivity index (χ4n) is 3.28. The number of alkyl halides is 1. The summed E-state index contributed by atoms with van der Waals surface area (Å²) < 4.78 is 14.5. The first-order chi connectivity index (χ1) is 15.8. The Balaban J connectivity index is 1.67. The van der Waals surface area contributed by atoms with Gasteiger partial charge in [-0.15, -0.1) is 0 Å². The van der Waals surface area contributed by atoms with Gasteiger partial charge in [0.2, 0.25) is 5.91 Å². The standard InChI is InChI=1S/C22H24FN7O3/c1-4-18(31)16-5-11(2)17(8-24-16)27-20-13(9-30(3)22(33)29-20)15-7-19(26-10-25-15)28-21(32)12-6-14(12)23/h5,7-10,12,14,18,31H,4,6H2,1-3H3,(H,27,29,33)(H,25,26,28,32)/t12-,14+,18?/m0/s1. The maximum absolute atomic E-state index is 13.2. The molecule has 3 atom stereocenters. The molecule has 3 aromatic rings. The van der Waals surface area contributed by atoms with E-state index in [1.165, 1.54) is 17.0 Å². The third-order valence-electron chi connectivity index (χ3n) is 5.44. The van der Waals surface area contributed by atoms with Gasteiger partial charge < -0.3 is 20.3 Å². The minimum atomic E-state index is -1.11. The van der Waals surface area contributed by atoms with Crippen molar-refractivity contribution in [2.24, 2.45) is 13.0 Å². The maximum Gasteiger partial charge on any atom is 0.349 e. The molecule has 0 aromatic carbocycles. The SMILES string of the molecule is CCC(O)c1cc(C)c(Nc2nc(=O)n(C)cc2-c2cc(NC(=O)[C@H]3C[C@H]3F)ncn2)cn1. The molecular formula is C22H24FN7O3. The fraction of sp³-hybridized carbons (Fsp3) is 0.364. The largest absolute Gasteiger partial charge is 0.387 e. The van der Waals surface area contributed by atoms with Crippen LogP contribution in [0.3, 0.4) is 0 Å². The van der Waals surface area contributed by atoms with Crippen molar-refractivity contribution in [2.45, 2.75) is 39.0 Å². The molecule has 3 N–H and O–H groups in total. The highest BCUT2D eigenvalue weighted by Crippen LogP contribution is 2.35. The molecule has 1 unspecified atom stereocenters. The Bertz CT molecular complexity index is 1260. The minimum absolute atomic E-state index is 0.212. The molecule has 1 fully saturated rings. The highest BCUT2D eigenvalue weighted by atomic mass is 19.1. The number of nitrogens with one attached hydrogen (secondary N) is 2. The average molecular weight is 453 g/mol. The van der Waals surface area contributed by atoms with Crippen LogP contribution in [0.4, 0.5) is 21.7 Å². The van der Waals surface area contributed by atoms with Crippen molar-refractivity contribution in [1.29, 1.82) is 0 Å². The summed E-state index contributed by atoms with van der Waals surface area (Å²) in [5.41, 5.74) is 2.38. The molecule has 11 heteroatoms. The van der Waals surface area contributed by atoms with E-state index in [-0.39, 0.29) is 18.1 Å². The van der Waals surface area contributed by atoms with Crippen molar-refractivity contribution in [3.8, 4) is 11.3 Å². The molecule has 0 saturated heterocycles. The van der Waals surface area contributed by atoms with Crippen molar-refractivity contribution < 1.29 is 14.3 Å². The number of hydrogen-bond acceptors (Lipinski definition) is 8. The molecule has 0 radical (unpaired) electrons. The van der Waals surface area contributed by atoms with Gasteiger partial charge >= 0.3 is 5.69 Å². The molecule has 10 nitrogen and oxygen atoms in total. The number of aliphatic hydroxyl groups is 1. The third-order valence-corrected chi connectivity index (χ3v) is 5.44. The third kappa shape index (κ3) is 4.87. The number of amides is 1. The van der Waals surface area contributed by atoms with Gasteiger partial charge in [-0.1, -0.05) is 6.92 Å². The minimum Gasteiger partial charge on any atom is -0.387 e. The van der Waals surface area contributed by atoms with E-state index in [1.54, 1.807) is 25.5 Å². The van der Waals surface area contributed by atoms with Crippen LogP contribution in [0.5, 0.6) is 0 Å². The Morgan fingerprint density at radius 2 is 2.09 bits per heavy atom. The highest BCUT2D eigenvalue weighted by Gasteiger charge is 2.43. The molecule has 0 bridgehead atoms. The number of anilines is 3. The second-order valence-corrected chi connectivity index (χ2v) is 8.01. The monoisotopic (exact) mass is 453 g/mol. The van der Waals surface area contributed by atoms with Crippen molar-refractivity contribution in [2.75, 3.05) is 10.6 Å². The Hall–Kier alpha value is -3.73. The van der Waals surface area contributed by atoms with Crippen LogP contribution in [-0.2, 0) is 11.8 Å². The summed E-state index contributed by atoms with van der Waals surface area (Å²) in [6.45, 7) is 3.72. The Morgan fingerprint density at radius 1 is 1.33 bits per heavy atom. The van der Waals surface area contributed by atoms with Gasteiger partial charge in [0, 0.05) is 19.3 Å². The molecule has 1 aliphatic carbocycles. The Labute approximate surface area is 189 Å². The zero-order valence-corrected chi connectivity index (χ0v) is 18.4. The fourth-order valence-corrected chi connectivity index (χ4v) is 3.28. The van der Waals surface area contributed by atoms with Crippen LogP contribution in [0, 0.1) is 12.8 Å². The van der Waals surface area contributed by atoms with Gasteiger partial charge in [-0.25, -0.2) is 19.2 Å². The number of carbonyl (C=O) groups excluding carboxylic acids is 1. The lowest BCUT2D eigenvalue weighted by atomic mass is 10.1. The number of rotatable bonds is 7. The quantitative estimate of drug-likeness (QED) is 0.496. The van der Waals surface area contributed by atoms with Crippen LogP contribution in [0.25, 0.3) is 11.3 Å². The van der Waals surface area contributed by atoms with E-state index in [0.29, 0.717) is 29.1 Å². The predicted octanol–water partition coefficient (Wildman–Crippen LogP) is 2.42. The molecule has 0 aliphatic heterocycles. The normalized spacial score (nSPS) is 18.0. The van der Waals surface area contributed by atoms with Crippen LogP contribution >= 0.6 is 0 Å². The van der Waals surface area contributed by atoms with Crippen molar-refractivity contribution in [3.63, 3.8) is 0 Å². The lowest BCUT2D eigenvalue weighted by molar-refractivity contribution is -0.117. The smallest absolute Gasteiger partial charge is 0.349 e. The van der Waals surface area contributed by atoms with Crippen LogP contribution < -0.4 is 16.3 Å². The lowest BCUT2D eigenvalue weighted by Crippen LogP contribution is -2.21. The van der Waals surface area contributed by atoms with Gasteiger partial charge in [0.1, 0.15) is 24.1 Å². The van der Waals surface area contributed by atoms with E-state index in [0.717, 1.165) is 5.56 Å².